The van der Waals surface area contributed by atoms with Crippen molar-refractivity contribution in [1.82, 2.24) is 0 Å². The lowest BCUT2D eigenvalue weighted by Crippen LogP contribution is -1.67. The van der Waals surface area contributed by atoms with Crippen LogP contribution in [0.5, 0.6) is 0 Å². The van der Waals surface area contributed by atoms with E-state index < -0.39 is 0 Å². The van der Waals surface area contributed by atoms with Crippen LogP contribution in [0.1, 0.15) is 0 Å². The lowest BCUT2D eigenvalue weighted by molar-refractivity contribution is 1.79. The highest BCUT2D eigenvalue weighted by atomic mass is 79.9. The zero-order valence-corrected chi connectivity index (χ0v) is 8.63. The molecule has 0 fully saturated rings. The van der Waals surface area contributed by atoms with Crippen LogP contribution in [0.15, 0.2) is 28.1 Å². The molecule has 3 heteroatoms. The molecule has 2 rings (SSSR count). The monoisotopic (exact) mass is 246 g/mol. The topological polar surface area (TPSA) is 0 Å². The van der Waals surface area contributed by atoms with Gasteiger partial charge in [0, 0.05) is 19.6 Å². The number of hydrogen-bond donors (Lipinski definition) is 0. The van der Waals surface area contributed by atoms with Crippen molar-refractivity contribution >= 4 is 49.0 Å². The van der Waals surface area contributed by atoms with E-state index in [1.807, 2.05) is 23.6 Å². The number of thiophene rings is 1. The van der Waals surface area contributed by atoms with Crippen molar-refractivity contribution in [3.05, 3.63) is 33.1 Å². The molecule has 0 amide bonds. The molecule has 0 saturated heterocycles. The van der Waals surface area contributed by atoms with Gasteiger partial charge >= 0.3 is 0 Å². The second-order valence-electron chi connectivity index (χ2n) is 2.19. The summed E-state index contributed by atoms with van der Waals surface area (Å²) < 4.78 is 2.34. The van der Waals surface area contributed by atoms with E-state index in [-0.39, 0.29) is 0 Å². The molecule has 0 atom stereocenters. The second kappa shape index (κ2) is 2.77. The molecule has 0 N–H and O–H groups in total. The Balaban J connectivity index is 2.96. The molecule has 1 aromatic carbocycles. The Morgan fingerprint density at radius 3 is 2.82 bits per heavy atom. The summed E-state index contributed by atoms with van der Waals surface area (Å²) in [4.78, 5) is 0. The fourth-order valence-corrected chi connectivity index (χ4v) is 2.72. The maximum atomic E-state index is 5.96. The third-order valence-electron chi connectivity index (χ3n) is 1.52. The second-order valence-corrected chi connectivity index (χ2v) is 4.37. The van der Waals surface area contributed by atoms with Crippen LogP contribution in [0.2, 0.25) is 5.02 Å². The summed E-state index contributed by atoms with van der Waals surface area (Å²) in [6.45, 7) is 0. The Kier molecular flexibility index (Phi) is 1.91. The van der Waals surface area contributed by atoms with Gasteiger partial charge in [-0.2, -0.15) is 0 Å². The third kappa shape index (κ3) is 1.19. The predicted octanol–water partition coefficient (Wildman–Crippen LogP) is 4.32. The number of benzene rings is 1. The number of hydrogen-bond acceptors (Lipinski definition) is 1. The van der Waals surface area contributed by atoms with Gasteiger partial charge in [-0.15, -0.1) is 11.3 Å². The molecule has 1 aromatic heterocycles. The average Bonchev–Trinajstić information content (AvgIpc) is 2.45. The minimum absolute atomic E-state index is 0.824. The first-order valence-electron chi connectivity index (χ1n) is 3.10. The molecular formula is C8H4BrClS. The first-order valence-corrected chi connectivity index (χ1v) is 5.15. The van der Waals surface area contributed by atoms with Gasteiger partial charge in [-0.25, -0.2) is 0 Å². The smallest absolute Gasteiger partial charge is 0.0499 e. The van der Waals surface area contributed by atoms with Crippen LogP contribution in [0.4, 0.5) is 0 Å². The lowest BCUT2D eigenvalue weighted by Gasteiger charge is -1.94. The van der Waals surface area contributed by atoms with Gasteiger partial charge in [0.15, 0.2) is 0 Å². The molecule has 11 heavy (non-hydrogen) atoms. The summed E-state index contributed by atoms with van der Waals surface area (Å²) in [5.41, 5.74) is 0. The predicted molar refractivity (Wildman–Crippen MR) is 54.5 cm³/mol. The first kappa shape index (κ1) is 7.59. The van der Waals surface area contributed by atoms with E-state index in [2.05, 4.69) is 15.9 Å². The molecule has 1 heterocycles. The molecule has 0 aliphatic carbocycles. The maximum Gasteiger partial charge on any atom is 0.0499 e. The highest BCUT2D eigenvalue weighted by molar-refractivity contribution is 9.10. The molecule has 0 saturated carbocycles. The van der Waals surface area contributed by atoms with Gasteiger partial charge < -0.3 is 0 Å². The summed E-state index contributed by atoms with van der Waals surface area (Å²) in [5, 5.41) is 4.00. The summed E-state index contributed by atoms with van der Waals surface area (Å²) in [7, 11) is 0. The molecule has 0 radical (unpaired) electrons. The molecule has 0 bridgehead atoms. The minimum Gasteiger partial charge on any atom is -0.143 e. The molecule has 0 unspecified atom stereocenters. The van der Waals surface area contributed by atoms with Gasteiger partial charge in [-0.05, 0) is 39.5 Å². The van der Waals surface area contributed by atoms with Crippen molar-refractivity contribution in [2.45, 2.75) is 0 Å². The van der Waals surface area contributed by atoms with Crippen LogP contribution >= 0.6 is 38.9 Å². The molecular weight excluding hydrogens is 244 g/mol. The largest absolute Gasteiger partial charge is 0.143 e. The Bertz CT molecular complexity index is 358. The Hall–Kier alpha value is -0.0500. The fraction of sp³-hybridized carbons (Fsp3) is 0. The van der Waals surface area contributed by atoms with E-state index in [1.165, 1.54) is 4.70 Å². The average molecular weight is 248 g/mol. The Labute approximate surface area is 81.9 Å². The van der Waals surface area contributed by atoms with Gasteiger partial charge in [-0.1, -0.05) is 11.6 Å². The zero-order valence-electron chi connectivity index (χ0n) is 5.47. The number of rotatable bonds is 0. The number of halogens is 2. The Morgan fingerprint density at radius 2 is 2.09 bits per heavy atom. The quantitative estimate of drug-likeness (QED) is 0.650. The summed E-state index contributed by atoms with van der Waals surface area (Å²) in [6, 6.07) is 5.91. The van der Waals surface area contributed by atoms with Crippen LogP contribution in [-0.4, -0.2) is 0 Å². The molecule has 56 valence electrons. The minimum atomic E-state index is 0.824. The van der Waals surface area contributed by atoms with E-state index in [1.54, 1.807) is 11.3 Å². The first-order chi connectivity index (χ1) is 5.29. The van der Waals surface area contributed by atoms with E-state index in [4.69, 9.17) is 11.6 Å². The third-order valence-corrected chi connectivity index (χ3v) is 3.72. The van der Waals surface area contributed by atoms with Crippen molar-refractivity contribution in [1.29, 1.82) is 0 Å². The van der Waals surface area contributed by atoms with Crippen molar-refractivity contribution in [3.63, 3.8) is 0 Å². The molecule has 0 spiro atoms. The standard InChI is InChI=1S/C8H4BrClS/c9-6-1-2-7(10)5-3-4-11-8(5)6/h1-4H. The van der Waals surface area contributed by atoms with Crippen molar-refractivity contribution in [2.75, 3.05) is 0 Å². The molecule has 0 aliphatic heterocycles. The molecule has 0 aliphatic rings. The fourth-order valence-electron chi connectivity index (χ4n) is 0.994. The van der Waals surface area contributed by atoms with E-state index in [0.29, 0.717) is 0 Å². The normalized spacial score (nSPS) is 10.7. The van der Waals surface area contributed by atoms with Gasteiger partial charge in [-0.3, -0.25) is 0 Å². The maximum absolute atomic E-state index is 5.96. The SMILES string of the molecule is Clc1ccc(Br)c2sccc12. The van der Waals surface area contributed by atoms with Gasteiger partial charge in [0.2, 0.25) is 0 Å². The van der Waals surface area contributed by atoms with Crippen LogP contribution < -0.4 is 0 Å². The zero-order chi connectivity index (χ0) is 7.84. The van der Waals surface area contributed by atoms with Crippen molar-refractivity contribution < 1.29 is 0 Å². The summed E-state index contributed by atoms with van der Waals surface area (Å²) in [6.07, 6.45) is 0. The summed E-state index contributed by atoms with van der Waals surface area (Å²) in [5.74, 6) is 0. The van der Waals surface area contributed by atoms with Crippen molar-refractivity contribution in [3.8, 4) is 0 Å². The van der Waals surface area contributed by atoms with Gasteiger partial charge in [0.25, 0.3) is 0 Å². The lowest BCUT2D eigenvalue weighted by atomic mass is 10.3. The number of fused-ring (bicyclic) bond motifs is 1. The van der Waals surface area contributed by atoms with E-state index in [9.17, 15) is 0 Å². The van der Waals surface area contributed by atoms with Crippen LogP contribution in [-0.2, 0) is 0 Å². The van der Waals surface area contributed by atoms with Crippen LogP contribution in [0.25, 0.3) is 10.1 Å². The van der Waals surface area contributed by atoms with Gasteiger partial charge in [0.05, 0.1) is 0 Å². The van der Waals surface area contributed by atoms with Crippen LogP contribution in [0, 0.1) is 0 Å². The highest BCUT2D eigenvalue weighted by Gasteiger charge is 2.02. The van der Waals surface area contributed by atoms with Crippen LogP contribution in [0.3, 0.4) is 0 Å². The van der Waals surface area contributed by atoms with Crippen molar-refractivity contribution in [2.24, 2.45) is 0 Å². The molecule has 0 nitrogen and oxygen atoms in total. The molecule has 2 aromatic rings. The van der Waals surface area contributed by atoms with E-state index in [0.717, 1.165) is 14.9 Å². The summed E-state index contributed by atoms with van der Waals surface area (Å²) >= 11 is 11.1. The highest BCUT2D eigenvalue weighted by Crippen LogP contribution is 2.33. The van der Waals surface area contributed by atoms with Gasteiger partial charge in [0.1, 0.15) is 0 Å². The van der Waals surface area contributed by atoms with E-state index >= 15 is 0 Å². The Morgan fingerprint density at radius 1 is 1.27 bits per heavy atom.